The molecule has 2 heterocycles. The zero-order valence-corrected chi connectivity index (χ0v) is 14.9. The van der Waals surface area contributed by atoms with Crippen molar-refractivity contribution in [3.63, 3.8) is 0 Å². The second kappa shape index (κ2) is 7.19. The summed E-state index contributed by atoms with van der Waals surface area (Å²) in [4.78, 5) is 37.8. The molecule has 0 bridgehead atoms. The van der Waals surface area contributed by atoms with Crippen molar-refractivity contribution in [2.24, 2.45) is 5.92 Å². The van der Waals surface area contributed by atoms with Crippen LogP contribution >= 0.6 is 0 Å². The van der Waals surface area contributed by atoms with Crippen molar-refractivity contribution in [1.29, 1.82) is 0 Å². The highest BCUT2D eigenvalue weighted by atomic mass is 16.4. The van der Waals surface area contributed by atoms with E-state index in [-0.39, 0.29) is 37.2 Å². The third-order valence-corrected chi connectivity index (χ3v) is 5.10. The Hall–Kier alpha value is -2.83. The predicted octanol–water partition coefficient (Wildman–Crippen LogP) is 1.39. The summed E-state index contributed by atoms with van der Waals surface area (Å²) in [5.74, 6) is -1.84. The first kappa shape index (κ1) is 18.0. The maximum Gasteiger partial charge on any atom is 0.326 e. The molecule has 26 heavy (non-hydrogen) atoms. The van der Waals surface area contributed by atoms with Gasteiger partial charge in [-0.25, -0.2) is 4.79 Å². The molecule has 2 N–H and O–H groups in total. The van der Waals surface area contributed by atoms with Gasteiger partial charge in [-0.15, -0.1) is 0 Å². The van der Waals surface area contributed by atoms with E-state index in [0.29, 0.717) is 6.42 Å². The van der Waals surface area contributed by atoms with Gasteiger partial charge in [-0.3, -0.25) is 9.59 Å². The second-order valence-corrected chi connectivity index (χ2v) is 6.75. The molecule has 1 fully saturated rings. The number of amides is 2. The summed E-state index contributed by atoms with van der Waals surface area (Å²) < 4.78 is 1.84. The number of para-hydroxylation sites is 1. The summed E-state index contributed by atoms with van der Waals surface area (Å²) in [5.41, 5.74) is 2.00. The minimum Gasteiger partial charge on any atom is -0.480 e. The number of aliphatic carboxylic acids is 1. The second-order valence-electron chi connectivity index (χ2n) is 6.75. The standard InChI is InChI=1S/C19H23N3O4/c1-12-9-21(15-6-4-3-5-14(12)15)11-17(23)22-10-13(18(24)20-2)7-8-16(22)19(25)26/h3-6,9,13,16H,7-8,10-11H2,1-2H3,(H,20,24)(H,25,26)/t13-,16-/m0/s1. The fourth-order valence-electron chi connectivity index (χ4n) is 3.72. The summed E-state index contributed by atoms with van der Waals surface area (Å²) in [6, 6.07) is 6.90. The van der Waals surface area contributed by atoms with Gasteiger partial charge in [-0.05, 0) is 31.4 Å². The summed E-state index contributed by atoms with van der Waals surface area (Å²) in [6.45, 7) is 2.16. The number of benzene rings is 1. The van der Waals surface area contributed by atoms with E-state index >= 15 is 0 Å². The molecule has 2 aromatic rings. The zero-order valence-electron chi connectivity index (χ0n) is 14.9. The number of aryl methyl sites for hydroxylation is 1. The molecule has 0 saturated carbocycles. The van der Waals surface area contributed by atoms with Gasteiger partial charge in [0, 0.05) is 30.7 Å². The zero-order chi connectivity index (χ0) is 18.8. The third kappa shape index (κ3) is 3.29. The fraction of sp³-hybridized carbons (Fsp3) is 0.421. The van der Waals surface area contributed by atoms with E-state index in [1.54, 1.807) is 7.05 Å². The number of nitrogens with zero attached hydrogens (tertiary/aromatic N) is 2. The van der Waals surface area contributed by atoms with Gasteiger partial charge in [-0.2, -0.15) is 0 Å². The molecule has 7 nitrogen and oxygen atoms in total. The van der Waals surface area contributed by atoms with Gasteiger partial charge in [0.1, 0.15) is 12.6 Å². The van der Waals surface area contributed by atoms with E-state index in [1.165, 1.54) is 4.90 Å². The van der Waals surface area contributed by atoms with Crippen molar-refractivity contribution in [3.05, 3.63) is 36.0 Å². The minimum atomic E-state index is -1.03. The first-order valence-electron chi connectivity index (χ1n) is 8.70. The average molecular weight is 357 g/mol. The normalized spacial score (nSPS) is 20.2. The molecule has 2 amide bonds. The number of carbonyl (C=O) groups excluding carboxylic acids is 2. The van der Waals surface area contributed by atoms with Gasteiger partial charge in [0.05, 0.1) is 5.92 Å². The number of hydrogen-bond donors (Lipinski definition) is 2. The van der Waals surface area contributed by atoms with Crippen molar-refractivity contribution in [3.8, 4) is 0 Å². The first-order chi connectivity index (χ1) is 12.4. The quantitative estimate of drug-likeness (QED) is 0.865. The highest BCUT2D eigenvalue weighted by molar-refractivity contribution is 5.88. The maximum absolute atomic E-state index is 12.9. The van der Waals surface area contributed by atoms with Gasteiger partial charge in [0.15, 0.2) is 0 Å². The Morgan fingerprint density at radius 1 is 1.23 bits per heavy atom. The number of rotatable bonds is 4. The van der Waals surface area contributed by atoms with Crippen molar-refractivity contribution >= 4 is 28.7 Å². The highest BCUT2D eigenvalue weighted by Gasteiger charge is 2.38. The summed E-state index contributed by atoms with van der Waals surface area (Å²) in [7, 11) is 1.55. The Kier molecular flexibility index (Phi) is 4.97. The minimum absolute atomic E-state index is 0.0542. The smallest absolute Gasteiger partial charge is 0.326 e. The molecule has 1 aromatic carbocycles. The number of hydrogen-bond acceptors (Lipinski definition) is 3. The van der Waals surface area contributed by atoms with Crippen molar-refractivity contribution in [2.45, 2.75) is 32.4 Å². The lowest BCUT2D eigenvalue weighted by atomic mass is 9.92. The number of aromatic nitrogens is 1. The van der Waals surface area contributed by atoms with Crippen LogP contribution in [0.4, 0.5) is 0 Å². The van der Waals surface area contributed by atoms with Crippen LogP contribution in [0.5, 0.6) is 0 Å². The predicted molar refractivity (Wildman–Crippen MR) is 96.6 cm³/mol. The highest BCUT2D eigenvalue weighted by Crippen LogP contribution is 2.25. The van der Waals surface area contributed by atoms with Crippen LogP contribution in [0.25, 0.3) is 10.9 Å². The Bertz CT molecular complexity index is 858. The lowest BCUT2D eigenvalue weighted by Crippen LogP contribution is -2.53. The Morgan fingerprint density at radius 2 is 1.96 bits per heavy atom. The monoisotopic (exact) mass is 357 g/mol. The number of fused-ring (bicyclic) bond motifs is 1. The molecule has 2 atom stereocenters. The van der Waals surface area contributed by atoms with Gasteiger partial charge < -0.3 is 19.9 Å². The Labute approximate surface area is 151 Å². The van der Waals surface area contributed by atoms with Crippen LogP contribution < -0.4 is 5.32 Å². The van der Waals surface area contributed by atoms with Crippen LogP contribution in [-0.2, 0) is 20.9 Å². The SMILES string of the molecule is CNC(=O)[C@H]1CC[C@@H](C(=O)O)N(C(=O)Cn2cc(C)c3ccccc32)C1. The van der Waals surface area contributed by atoms with Crippen LogP contribution in [0.3, 0.4) is 0 Å². The number of likely N-dealkylation sites (tertiary alicyclic amines) is 1. The van der Waals surface area contributed by atoms with Crippen LogP contribution in [0, 0.1) is 12.8 Å². The molecule has 0 radical (unpaired) electrons. The molecule has 0 unspecified atom stereocenters. The fourth-order valence-corrected chi connectivity index (χ4v) is 3.72. The molecule has 0 aliphatic carbocycles. The summed E-state index contributed by atoms with van der Waals surface area (Å²) >= 11 is 0. The van der Waals surface area contributed by atoms with E-state index in [4.69, 9.17) is 0 Å². The molecule has 1 aliphatic rings. The van der Waals surface area contributed by atoms with Gasteiger partial charge >= 0.3 is 5.97 Å². The number of carbonyl (C=O) groups is 3. The Morgan fingerprint density at radius 3 is 2.65 bits per heavy atom. The molecule has 138 valence electrons. The van der Waals surface area contributed by atoms with E-state index < -0.39 is 12.0 Å². The number of nitrogens with one attached hydrogen (secondary N) is 1. The van der Waals surface area contributed by atoms with Crippen LogP contribution in [-0.4, -0.2) is 52.0 Å². The molecule has 0 spiro atoms. The van der Waals surface area contributed by atoms with E-state index in [2.05, 4.69) is 5.32 Å². The molecular formula is C19H23N3O4. The average Bonchev–Trinajstić information content (AvgIpc) is 2.96. The topological polar surface area (TPSA) is 91.6 Å². The van der Waals surface area contributed by atoms with E-state index in [0.717, 1.165) is 16.5 Å². The lowest BCUT2D eigenvalue weighted by molar-refractivity contribution is -0.154. The number of carboxylic acid groups (broad SMARTS) is 1. The lowest BCUT2D eigenvalue weighted by Gasteiger charge is -2.36. The van der Waals surface area contributed by atoms with Crippen molar-refractivity contribution in [1.82, 2.24) is 14.8 Å². The van der Waals surface area contributed by atoms with E-state index in [9.17, 15) is 19.5 Å². The molecule has 7 heteroatoms. The van der Waals surface area contributed by atoms with E-state index in [1.807, 2.05) is 42.0 Å². The maximum atomic E-state index is 12.9. The molecule has 1 aliphatic heterocycles. The molecule has 1 aromatic heterocycles. The Balaban J connectivity index is 1.85. The molecular weight excluding hydrogens is 334 g/mol. The largest absolute Gasteiger partial charge is 0.480 e. The summed E-state index contributed by atoms with van der Waals surface area (Å²) in [5, 5.41) is 13.1. The molecule has 3 rings (SSSR count). The first-order valence-corrected chi connectivity index (χ1v) is 8.70. The van der Waals surface area contributed by atoms with Gasteiger partial charge in [0.25, 0.3) is 0 Å². The van der Waals surface area contributed by atoms with Crippen molar-refractivity contribution < 1.29 is 19.5 Å². The van der Waals surface area contributed by atoms with Crippen LogP contribution in [0.15, 0.2) is 30.5 Å². The van der Waals surface area contributed by atoms with Crippen molar-refractivity contribution in [2.75, 3.05) is 13.6 Å². The van der Waals surface area contributed by atoms with Gasteiger partial charge in [-0.1, -0.05) is 18.2 Å². The molecule has 1 saturated heterocycles. The van der Waals surface area contributed by atoms with Crippen LogP contribution in [0.2, 0.25) is 0 Å². The number of piperidine rings is 1. The van der Waals surface area contributed by atoms with Gasteiger partial charge in [0.2, 0.25) is 11.8 Å². The number of carboxylic acids is 1. The van der Waals surface area contributed by atoms with Crippen LogP contribution in [0.1, 0.15) is 18.4 Å². The summed E-state index contributed by atoms with van der Waals surface area (Å²) in [6.07, 6.45) is 2.65. The third-order valence-electron chi connectivity index (χ3n) is 5.10.